The Bertz CT molecular complexity index is 1420. The number of likely N-dealkylation sites (N-methyl/N-ethyl adjacent to an activating group) is 1. The van der Waals surface area contributed by atoms with Crippen molar-refractivity contribution in [3.8, 4) is 17.1 Å². The molecule has 0 spiro atoms. The summed E-state index contributed by atoms with van der Waals surface area (Å²) in [4.78, 5) is 23.1. The molecule has 3 saturated heterocycles. The Morgan fingerprint density at radius 1 is 1.17 bits per heavy atom. The summed E-state index contributed by atoms with van der Waals surface area (Å²) < 4.78 is 36.1. The molecule has 188 valence electrons. The van der Waals surface area contributed by atoms with Crippen LogP contribution in [-0.2, 0) is 23.5 Å². The number of hydrogen-bond acceptors (Lipinski definition) is 7. The zero-order valence-electron chi connectivity index (χ0n) is 20.6. The Hall–Kier alpha value is -2.76. The molecule has 3 aliphatic heterocycles. The summed E-state index contributed by atoms with van der Waals surface area (Å²) in [6, 6.07) is 5.34. The number of hydrogen-bond donors (Lipinski definition) is 1. The van der Waals surface area contributed by atoms with Gasteiger partial charge in [0.05, 0.1) is 22.8 Å². The van der Waals surface area contributed by atoms with Crippen molar-refractivity contribution in [2.24, 2.45) is 7.05 Å². The van der Waals surface area contributed by atoms with E-state index in [4.69, 9.17) is 9.72 Å². The highest BCUT2D eigenvalue weighted by molar-refractivity contribution is 7.89. The van der Waals surface area contributed by atoms with E-state index < -0.39 is 10.0 Å². The highest BCUT2D eigenvalue weighted by Gasteiger charge is 2.47. The van der Waals surface area contributed by atoms with Gasteiger partial charge in [-0.05, 0) is 44.5 Å². The normalized spacial score (nSPS) is 20.8. The fourth-order valence-electron chi connectivity index (χ4n) is 5.43. The minimum absolute atomic E-state index is 0.169. The predicted molar refractivity (Wildman–Crippen MR) is 133 cm³/mol. The van der Waals surface area contributed by atoms with Crippen LogP contribution in [0.15, 0.2) is 27.9 Å². The Morgan fingerprint density at radius 3 is 2.57 bits per heavy atom. The minimum atomic E-state index is -3.71. The van der Waals surface area contributed by atoms with Gasteiger partial charge in [0, 0.05) is 32.2 Å². The standard InChI is InChI=1S/C24H32N6O4S/c1-5-8-19-21-22(28(4)27-19)24(31)26-23(25-21)18-12-17(9-10-20(18)34-7-3)35(32,33)29-13-15-11-16(14-29)30(15)6-2/h9-10,12,15-16H,5-8,11,13-14H2,1-4H3,(H,25,26,31). The third kappa shape index (κ3) is 3.95. The smallest absolute Gasteiger partial charge is 0.277 e. The van der Waals surface area contributed by atoms with Crippen LogP contribution in [-0.4, -0.2) is 75.7 Å². The number of sulfonamides is 1. The molecule has 0 saturated carbocycles. The average molecular weight is 501 g/mol. The summed E-state index contributed by atoms with van der Waals surface area (Å²) in [5.41, 5.74) is 1.78. The number of H-pyrrole nitrogens is 1. The molecule has 3 aliphatic rings. The van der Waals surface area contributed by atoms with Gasteiger partial charge in [-0.2, -0.15) is 9.40 Å². The van der Waals surface area contributed by atoms with Gasteiger partial charge in [-0.15, -0.1) is 0 Å². The van der Waals surface area contributed by atoms with Crippen LogP contribution in [0.1, 0.15) is 39.3 Å². The molecule has 3 aromatic rings. The monoisotopic (exact) mass is 500 g/mol. The molecule has 2 bridgehead atoms. The molecular weight excluding hydrogens is 468 g/mol. The largest absolute Gasteiger partial charge is 0.493 e. The summed E-state index contributed by atoms with van der Waals surface area (Å²) >= 11 is 0. The predicted octanol–water partition coefficient (Wildman–Crippen LogP) is 2.14. The Morgan fingerprint density at radius 2 is 1.91 bits per heavy atom. The fourth-order valence-corrected chi connectivity index (χ4v) is 6.97. The first-order valence-electron chi connectivity index (χ1n) is 12.3. The summed E-state index contributed by atoms with van der Waals surface area (Å²) in [5, 5.41) is 4.47. The third-order valence-electron chi connectivity index (χ3n) is 7.07. The van der Waals surface area contributed by atoms with Crippen LogP contribution in [0.5, 0.6) is 5.75 Å². The number of piperidine rings is 1. The van der Waals surface area contributed by atoms with Crippen molar-refractivity contribution in [2.45, 2.75) is 57.0 Å². The molecule has 6 rings (SSSR count). The summed E-state index contributed by atoms with van der Waals surface area (Å²) in [7, 11) is -1.99. The number of aryl methyl sites for hydroxylation is 2. The number of aromatic amines is 1. The lowest BCUT2D eigenvalue weighted by Gasteiger charge is -2.55. The van der Waals surface area contributed by atoms with Gasteiger partial charge in [-0.1, -0.05) is 20.3 Å². The number of nitrogens with one attached hydrogen (secondary N) is 1. The maximum Gasteiger partial charge on any atom is 0.277 e. The molecule has 35 heavy (non-hydrogen) atoms. The maximum absolute atomic E-state index is 13.6. The van der Waals surface area contributed by atoms with E-state index in [2.05, 4.69) is 21.9 Å². The molecule has 2 unspecified atom stereocenters. The Balaban J connectivity index is 1.59. The molecule has 5 heterocycles. The van der Waals surface area contributed by atoms with Crippen molar-refractivity contribution in [2.75, 3.05) is 26.2 Å². The second kappa shape index (κ2) is 9.03. The molecule has 11 heteroatoms. The molecular formula is C24H32N6O4S. The van der Waals surface area contributed by atoms with Crippen LogP contribution >= 0.6 is 0 Å². The van der Waals surface area contributed by atoms with Gasteiger partial charge < -0.3 is 9.72 Å². The van der Waals surface area contributed by atoms with E-state index in [0.717, 1.165) is 25.1 Å². The number of ether oxygens (including phenoxy) is 1. The van der Waals surface area contributed by atoms with Gasteiger partial charge in [0.2, 0.25) is 10.0 Å². The van der Waals surface area contributed by atoms with Crippen molar-refractivity contribution in [1.82, 2.24) is 29.0 Å². The second-order valence-corrected chi connectivity index (χ2v) is 11.2. The van der Waals surface area contributed by atoms with Crippen molar-refractivity contribution in [1.29, 1.82) is 0 Å². The van der Waals surface area contributed by atoms with Gasteiger partial charge in [-0.25, -0.2) is 13.4 Å². The van der Waals surface area contributed by atoms with E-state index in [1.54, 1.807) is 34.2 Å². The molecule has 2 atom stereocenters. The van der Waals surface area contributed by atoms with Crippen LogP contribution in [0.4, 0.5) is 0 Å². The van der Waals surface area contributed by atoms with E-state index in [1.165, 1.54) is 0 Å². The average Bonchev–Trinajstić information content (AvgIpc) is 3.15. The molecule has 3 fully saturated rings. The fraction of sp³-hybridized carbons (Fsp3) is 0.542. The Labute approximate surface area is 205 Å². The zero-order chi connectivity index (χ0) is 24.9. The van der Waals surface area contributed by atoms with Crippen LogP contribution < -0.4 is 10.3 Å². The quantitative estimate of drug-likeness (QED) is 0.504. The number of piperazine rings is 1. The molecule has 1 aromatic carbocycles. The van der Waals surface area contributed by atoms with Crippen molar-refractivity contribution in [3.63, 3.8) is 0 Å². The van der Waals surface area contributed by atoms with Crippen molar-refractivity contribution >= 4 is 21.1 Å². The molecule has 0 aliphatic carbocycles. The lowest BCUT2D eigenvalue weighted by molar-refractivity contribution is -0.0387. The van der Waals surface area contributed by atoms with Crippen LogP contribution in [0.2, 0.25) is 0 Å². The second-order valence-electron chi connectivity index (χ2n) is 9.22. The lowest BCUT2D eigenvalue weighted by atomic mass is 9.89. The summed E-state index contributed by atoms with van der Waals surface area (Å²) in [6.45, 7) is 8.32. The zero-order valence-corrected chi connectivity index (χ0v) is 21.4. The van der Waals surface area contributed by atoms with E-state index >= 15 is 0 Å². The Kier molecular flexibility index (Phi) is 6.18. The topological polar surface area (TPSA) is 113 Å². The highest BCUT2D eigenvalue weighted by Crippen LogP contribution is 2.36. The first-order valence-corrected chi connectivity index (χ1v) is 13.7. The van der Waals surface area contributed by atoms with Crippen LogP contribution in [0, 0.1) is 0 Å². The van der Waals surface area contributed by atoms with Crippen molar-refractivity contribution < 1.29 is 13.2 Å². The van der Waals surface area contributed by atoms with Crippen LogP contribution in [0.3, 0.4) is 0 Å². The molecule has 1 N–H and O–H groups in total. The first kappa shape index (κ1) is 24.0. The molecule has 10 nitrogen and oxygen atoms in total. The molecule has 2 aromatic heterocycles. The maximum atomic E-state index is 13.6. The van der Waals surface area contributed by atoms with E-state index in [1.807, 2.05) is 13.8 Å². The number of rotatable bonds is 8. The number of benzene rings is 1. The lowest BCUT2D eigenvalue weighted by Crippen LogP contribution is -2.69. The SMILES string of the molecule is CCCc1nn(C)c2c(=O)[nH]c(-c3cc(S(=O)(=O)N4CC5CC(C4)N5CC)ccc3OCC)nc12. The van der Waals surface area contributed by atoms with Crippen LogP contribution in [0.25, 0.3) is 22.4 Å². The van der Waals surface area contributed by atoms with Gasteiger partial charge >= 0.3 is 0 Å². The molecule has 0 radical (unpaired) electrons. The highest BCUT2D eigenvalue weighted by atomic mass is 32.2. The first-order chi connectivity index (χ1) is 16.8. The number of aromatic nitrogens is 4. The third-order valence-corrected chi connectivity index (χ3v) is 8.90. The van der Waals surface area contributed by atoms with E-state index in [0.29, 0.717) is 48.5 Å². The number of fused-ring (bicyclic) bond motifs is 3. The van der Waals surface area contributed by atoms with Crippen molar-refractivity contribution in [3.05, 3.63) is 34.2 Å². The van der Waals surface area contributed by atoms with Gasteiger partial charge in [0.15, 0.2) is 5.52 Å². The van der Waals surface area contributed by atoms with Gasteiger partial charge in [-0.3, -0.25) is 14.4 Å². The summed E-state index contributed by atoms with van der Waals surface area (Å²) in [6.07, 6.45) is 2.60. The van der Waals surface area contributed by atoms with E-state index in [9.17, 15) is 13.2 Å². The van der Waals surface area contributed by atoms with E-state index in [-0.39, 0.29) is 28.4 Å². The van der Waals surface area contributed by atoms with Gasteiger partial charge in [0.25, 0.3) is 5.56 Å². The minimum Gasteiger partial charge on any atom is -0.493 e. The number of nitrogens with zero attached hydrogens (tertiary/aromatic N) is 5. The van der Waals surface area contributed by atoms with Gasteiger partial charge in [0.1, 0.15) is 17.1 Å². The summed E-state index contributed by atoms with van der Waals surface area (Å²) in [5.74, 6) is 0.737. The molecule has 0 amide bonds.